The van der Waals surface area contributed by atoms with Crippen LogP contribution in [0.1, 0.15) is 34.6 Å². The Balaban J connectivity index is 2.33. The van der Waals surface area contributed by atoms with Gasteiger partial charge in [-0.2, -0.15) is 0 Å². The summed E-state index contributed by atoms with van der Waals surface area (Å²) in [6.45, 7) is 10.1. The highest BCUT2D eigenvalue weighted by molar-refractivity contribution is 8.01. The molecule has 0 radical (unpaired) electrons. The molecule has 21 heavy (non-hydrogen) atoms. The maximum Gasteiger partial charge on any atom is 0.288 e. The number of carbonyl (C=O) groups is 1. The Morgan fingerprint density at radius 2 is 1.81 bits per heavy atom. The Morgan fingerprint density at radius 3 is 2.33 bits per heavy atom. The predicted molar refractivity (Wildman–Crippen MR) is 90.5 cm³/mol. The first-order valence-electron chi connectivity index (χ1n) is 7.20. The van der Waals surface area contributed by atoms with E-state index in [0.717, 1.165) is 5.69 Å². The van der Waals surface area contributed by atoms with Crippen molar-refractivity contribution in [3.05, 3.63) is 30.3 Å². The Bertz CT molecular complexity index is 534. The first-order valence-corrected chi connectivity index (χ1v) is 8.14. The van der Waals surface area contributed by atoms with Gasteiger partial charge >= 0.3 is 0 Å². The zero-order chi connectivity index (χ0) is 15.6. The third-order valence-corrected chi connectivity index (χ3v) is 3.94. The molecule has 1 aromatic carbocycles. The standard InChI is InChI=1S/C16H23N3OS/c1-12(2)18-15(20)14(17-16(3,4)5)11-21-19(18)13-9-7-6-8-10-13/h6-10,12H,11H2,1-5H3. The first-order chi connectivity index (χ1) is 9.79. The van der Waals surface area contributed by atoms with Gasteiger partial charge in [-0.25, -0.2) is 9.42 Å². The summed E-state index contributed by atoms with van der Waals surface area (Å²) in [6.07, 6.45) is 0. The fraction of sp³-hybridized carbons (Fsp3) is 0.500. The van der Waals surface area contributed by atoms with E-state index in [-0.39, 0.29) is 17.5 Å². The van der Waals surface area contributed by atoms with Crippen molar-refractivity contribution in [2.75, 3.05) is 10.2 Å². The number of aliphatic imine (C=N–C) groups is 1. The summed E-state index contributed by atoms with van der Waals surface area (Å²) in [4.78, 5) is 17.4. The molecule has 0 aliphatic carbocycles. The molecule has 5 heteroatoms. The number of hydrazine groups is 1. The van der Waals surface area contributed by atoms with Crippen molar-refractivity contribution in [3.8, 4) is 0 Å². The molecular weight excluding hydrogens is 282 g/mol. The van der Waals surface area contributed by atoms with Gasteiger partial charge in [0.2, 0.25) is 0 Å². The summed E-state index contributed by atoms with van der Waals surface area (Å²) in [7, 11) is 0. The van der Waals surface area contributed by atoms with Crippen molar-refractivity contribution in [2.24, 2.45) is 4.99 Å². The molecule has 0 N–H and O–H groups in total. The van der Waals surface area contributed by atoms with Crippen LogP contribution in [-0.4, -0.2) is 34.0 Å². The summed E-state index contributed by atoms with van der Waals surface area (Å²) < 4.78 is 1.98. The second kappa shape index (κ2) is 6.10. The van der Waals surface area contributed by atoms with E-state index in [1.807, 2.05) is 69.4 Å². The molecule has 0 atom stereocenters. The zero-order valence-electron chi connectivity index (χ0n) is 13.3. The maximum absolute atomic E-state index is 12.8. The molecule has 1 fully saturated rings. The molecule has 1 saturated heterocycles. The van der Waals surface area contributed by atoms with Gasteiger partial charge in [0.15, 0.2) is 0 Å². The van der Waals surface area contributed by atoms with E-state index in [0.29, 0.717) is 11.5 Å². The molecule has 0 bridgehead atoms. The smallest absolute Gasteiger partial charge is 0.277 e. The van der Waals surface area contributed by atoms with Gasteiger partial charge in [-0.3, -0.25) is 9.79 Å². The normalized spacial score (nSPS) is 18.8. The molecule has 1 heterocycles. The molecule has 1 aliphatic rings. The monoisotopic (exact) mass is 305 g/mol. The second-order valence-electron chi connectivity index (χ2n) is 6.35. The van der Waals surface area contributed by atoms with Gasteiger partial charge in [0, 0.05) is 6.04 Å². The van der Waals surface area contributed by atoms with Gasteiger partial charge < -0.3 is 0 Å². The van der Waals surface area contributed by atoms with E-state index in [9.17, 15) is 4.79 Å². The minimum atomic E-state index is -0.233. The lowest BCUT2D eigenvalue weighted by Crippen LogP contribution is -2.54. The summed E-state index contributed by atoms with van der Waals surface area (Å²) >= 11 is 1.61. The SMILES string of the molecule is CC(C)N1C(=O)C(=NC(C)(C)C)CSN1c1ccccc1. The number of nitrogens with zero attached hydrogens (tertiary/aromatic N) is 3. The van der Waals surface area contributed by atoms with Crippen LogP contribution in [0.4, 0.5) is 5.69 Å². The summed E-state index contributed by atoms with van der Waals surface area (Å²) in [5.74, 6) is 0.608. The Kier molecular flexibility index (Phi) is 4.61. The predicted octanol–water partition coefficient (Wildman–Crippen LogP) is 3.55. The van der Waals surface area contributed by atoms with Crippen molar-refractivity contribution < 1.29 is 4.79 Å². The van der Waals surface area contributed by atoms with Crippen molar-refractivity contribution >= 4 is 29.3 Å². The van der Waals surface area contributed by atoms with Crippen LogP contribution in [0.3, 0.4) is 0 Å². The van der Waals surface area contributed by atoms with Gasteiger partial charge in [0.05, 0.1) is 17.0 Å². The van der Waals surface area contributed by atoms with E-state index < -0.39 is 0 Å². The number of hydrogen-bond donors (Lipinski definition) is 0. The molecular formula is C16H23N3OS. The van der Waals surface area contributed by atoms with Gasteiger partial charge in [0.25, 0.3) is 5.91 Å². The molecule has 0 spiro atoms. The topological polar surface area (TPSA) is 35.9 Å². The number of carbonyl (C=O) groups excluding carboxylic acids is 1. The third-order valence-electron chi connectivity index (χ3n) is 2.91. The van der Waals surface area contributed by atoms with Crippen LogP contribution in [0.2, 0.25) is 0 Å². The minimum absolute atomic E-state index is 0.00234. The molecule has 114 valence electrons. The summed E-state index contributed by atoms with van der Waals surface area (Å²) in [5, 5.41) is 1.79. The zero-order valence-corrected chi connectivity index (χ0v) is 14.1. The van der Waals surface area contributed by atoms with Crippen molar-refractivity contribution in [3.63, 3.8) is 0 Å². The molecule has 0 aromatic heterocycles. The van der Waals surface area contributed by atoms with Crippen molar-refractivity contribution in [1.29, 1.82) is 0 Å². The lowest BCUT2D eigenvalue weighted by Gasteiger charge is -2.41. The molecule has 2 rings (SSSR count). The van der Waals surface area contributed by atoms with E-state index in [1.54, 1.807) is 17.0 Å². The van der Waals surface area contributed by atoms with Crippen LogP contribution in [0.25, 0.3) is 0 Å². The number of amides is 1. The number of para-hydroxylation sites is 1. The number of benzene rings is 1. The van der Waals surface area contributed by atoms with Crippen LogP contribution in [0, 0.1) is 0 Å². The van der Waals surface area contributed by atoms with Crippen molar-refractivity contribution in [2.45, 2.75) is 46.2 Å². The molecule has 1 aromatic rings. The molecule has 1 aliphatic heterocycles. The molecule has 4 nitrogen and oxygen atoms in total. The maximum atomic E-state index is 12.8. The average molecular weight is 305 g/mol. The van der Waals surface area contributed by atoms with E-state index in [4.69, 9.17) is 0 Å². The summed E-state index contributed by atoms with van der Waals surface area (Å²) in [6, 6.07) is 10.1. The van der Waals surface area contributed by atoms with Crippen molar-refractivity contribution in [1.82, 2.24) is 5.01 Å². The quantitative estimate of drug-likeness (QED) is 0.784. The molecule has 0 saturated carbocycles. The second-order valence-corrected chi connectivity index (χ2v) is 7.25. The van der Waals surface area contributed by atoms with Gasteiger partial charge in [0.1, 0.15) is 5.71 Å². The largest absolute Gasteiger partial charge is 0.288 e. The highest BCUT2D eigenvalue weighted by Gasteiger charge is 2.34. The van der Waals surface area contributed by atoms with E-state index in [2.05, 4.69) is 4.99 Å². The van der Waals surface area contributed by atoms with E-state index in [1.165, 1.54) is 0 Å². The van der Waals surface area contributed by atoms with Gasteiger partial charge in [-0.1, -0.05) is 18.2 Å². The lowest BCUT2D eigenvalue weighted by atomic mass is 10.1. The highest BCUT2D eigenvalue weighted by atomic mass is 32.2. The Hall–Kier alpha value is -1.49. The minimum Gasteiger partial charge on any atom is -0.277 e. The van der Waals surface area contributed by atoms with Crippen LogP contribution in [-0.2, 0) is 4.79 Å². The van der Waals surface area contributed by atoms with Crippen LogP contribution in [0.5, 0.6) is 0 Å². The number of anilines is 1. The van der Waals surface area contributed by atoms with Gasteiger partial charge in [-0.15, -0.1) is 0 Å². The van der Waals surface area contributed by atoms with Crippen LogP contribution >= 0.6 is 11.9 Å². The fourth-order valence-electron chi connectivity index (χ4n) is 2.14. The summed E-state index contributed by atoms with van der Waals surface area (Å²) in [5.41, 5.74) is 1.43. The molecule has 0 unspecified atom stereocenters. The van der Waals surface area contributed by atoms with Crippen LogP contribution in [0.15, 0.2) is 35.3 Å². The number of hydrogen-bond acceptors (Lipinski definition) is 4. The van der Waals surface area contributed by atoms with E-state index >= 15 is 0 Å². The van der Waals surface area contributed by atoms with Crippen LogP contribution < -0.4 is 4.41 Å². The Morgan fingerprint density at radius 1 is 1.19 bits per heavy atom. The Labute approximate surface area is 131 Å². The average Bonchev–Trinajstić information content (AvgIpc) is 2.40. The lowest BCUT2D eigenvalue weighted by molar-refractivity contribution is -0.125. The number of rotatable bonds is 2. The fourth-order valence-corrected chi connectivity index (χ4v) is 3.24. The highest BCUT2D eigenvalue weighted by Crippen LogP contribution is 2.30. The van der Waals surface area contributed by atoms with Gasteiger partial charge in [-0.05, 0) is 58.7 Å². The third kappa shape index (κ3) is 3.79. The molecule has 1 amide bonds. The first kappa shape index (κ1) is 15.9.